The van der Waals surface area contributed by atoms with Crippen LogP contribution < -0.4 is 11.5 Å². The molecular weight excluding hydrogens is 262 g/mol. The molecule has 0 aromatic heterocycles. The number of nitrogens with two attached hydrogens (primary N) is 2. The van der Waals surface area contributed by atoms with Crippen LogP contribution in [0.15, 0.2) is 6.07 Å². The number of ether oxygens (including phenoxy) is 1. The summed E-state index contributed by atoms with van der Waals surface area (Å²) in [5.41, 5.74) is 10.6. The number of alkyl halides is 1. The summed E-state index contributed by atoms with van der Waals surface area (Å²) in [7, 11) is 0. The predicted molar refractivity (Wildman–Crippen MR) is 67.7 cm³/mol. The smallest absolute Gasteiger partial charge is 0.347 e. The number of hydrogen-bond donors (Lipinski definition) is 2. The lowest BCUT2D eigenvalue weighted by molar-refractivity contribution is -0.384. The number of anilines is 2. The third-order valence-electron chi connectivity index (χ3n) is 2.27. The number of nitro benzene ring substituents is 1. The molecule has 0 saturated heterocycles. The van der Waals surface area contributed by atoms with E-state index in [1.54, 1.807) is 6.92 Å². The number of nitro groups is 1. The molecule has 0 spiro atoms. The Hall–Kier alpha value is -2.02. The third kappa shape index (κ3) is 2.62. The highest BCUT2D eigenvalue weighted by Gasteiger charge is 2.29. The lowest BCUT2D eigenvalue weighted by atomic mass is 10.0. The molecule has 1 rings (SSSR count). The Morgan fingerprint density at radius 1 is 1.56 bits per heavy atom. The second-order valence-corrected chi connectivity index (χ2v) is 3.88. The fraction of sp³-hybridized carbons (Fsp3) is 0.300. The van der Waals surface area contributed by atoms with Crippen LogP contribution in [0.25, 0.3) is 0 Å². The highest BCUT2D eigenvalue weighted by atomic mass is 35.5. The summed E-state index contributed by atoms with van der Waals surface area (Å²) >= 11 is 5.37. The number of rotatable bonds is 4. The van der Waals surface area contributed by atoms with Crippen LogP contribution in [0, 0.1) is 17.0 Å². The quantitative estimate of drug-likeness (QED) is 0.282. The zero-order valence-corrected chi connectivity index (χ0v) is 10.4. The predicted octanol–water partition coefficient (Wildman–Crippen LogP) is 1.46. The molecule has 0 atom stereocenters. The summed E-state index contributed by atoms with van der Waals surface area (Å²) in [5, 5.41) is 10.9. The maximum absolute atomic E-state index is 11.7. The Balaban J connectivity index is 3.39. The van der Waals surface area contributed by atoms with Gasteiger partial charge in [0.05, 0.1) is 16.5 Å². The first-order valence-corrected chi connectivity index (χ1v) is 5.49. The molecule has 0 aliphatic heterocycles. The Kier molecular flexibility index (Phi) is 4.33. The van der Waals surface area contributed by atoms with Crippen molar-refractivity contribution in [2.24, 2.45) is 0 Å². The minimum absolute atomic E-state index is 0.0181. The van der Waals surface area contributed by atoms with Crippen LogP contribution in [-0.4, -0.2) is 23.4 Å². The number of esters is 1. The van der Waals surface area contributed by atoms with E-state index in [1.807, 2.05) is 0 Å². The average molecular weight is 274 g/mol. The van der Waals surface area contributed by atoms with Crippen molar-refractivity contribution in [3.05, 3.63) is 27.3 Å². The Morgan fingerprint density at radius 3 is 2.67 bits per heavy atom. The van der Waals surface area contributed by atoms with Crippen LogP contribution in [0.2, 0.25) is 0 Å². The van der Waals surface area contributed by atoms with Crippen LogP contribution in [0.5, 0.6) is 0 Å². The van der Waals surface area contributed by atoms with Crippen molar-refractivity contribution in [1.29, 1.82) is 0 Å². The number of benzene rings is 1. The molecule has 0 aliphatic rings. The first-order chi connectivity index (χ1) is 8.40. The van der Waals surface area contributed by atoms with Crippen molar-refractivity contribution in [3.63, 3.8) is 0 Å². The van der Waals surface area contributed by atoms with Crippen LogP contribution in [0.3, 0.4) is 0 Å². The van der Waals surface area contributed by atoms with Gasteiger partial charge in [-0.05, 0) is 18.6 Å². The maximum atomic E-state index is 11.7. The number of nitrogens with zero attached hydrogens (tertiary/aromatic N) is 1. The van der Waals surface area contributed by atoms with E-state index in [-0.39, 0.29) is 29.4 Å². The molecule has 0 fully saturated rings. The molecule has 7 nitrogen and oxygen atoms in total. The van der Waals surface area contributed by atoms with Gasteiger partial charge in [-0.15, -0.1) is 11.6 Å². The van der Waals surface area contributed by atoms with Crippen LogP contribution in [0.1, 0.15) is 15.9 Å². The van der Waals surface area contributed by atoms with Crippen molar-refractivity contribution in [3.8, 4) is 0 Å². The second-order valence-electron chi connectivity index (χ2n) is 3.50. The summed E-state index contributed by atoms with van der Waals surface area (Å²) in [6.45, 7) is 1.53. The zero-order chi connectivity index (χ0) is 13.9. The van der Waals surface area contributed by atoms with E-state index < -0.39 is 16.6 Å². The molecule has 0 bridgehead atoms. The minimum atomic E-state index is -0.907. The van der Waals surface area contributed by atoms with Crippen molar-refractivity contribution in [2.75, 3.05) is 24.0 Å². The molecule has 0 saturated carbocycles. The van der Waals surface area contributed by atoms with Gasteiger partial charge >= 0.3 is 11.7 Å². The molecule has 0 heterocycles. The van der Waals surface area contributed by atoms with Gasteiger partial charge in [-0.25, -0.2) is 4.79 Å². The van der Waals surface area contributed by atoms with Gasteiger partial charge in [0.2, 0.25) is 0 Å². The number of halogens is 1. The van der Waals surface area contributed by atoms with Gasteiger partial charge in [-0.1, -0.05) is 0 Å². The number of nitrogen functional groups attached to an aromatic ring is 2. The summed E-state index contributed by atoms with van der Waals surface area (Å²) in [6.07, 6.45) is 0. The van der Waals surface area contributed by atoms with Crippen molar-refractivity contribution >= 4 is 34.6 Å². The molecule has 1 aromatic rings. The molecule has 0 aliphatic carbocycles. The van der Waals surface area contributed by atoms with E-state index in [0.717, 1.165) is 0 Å². The van der Waals surface area contributed by atoms with Gasteiger partial charge in [0.1, 0.15) is 12.3 Å². The van der Waals surface area contributed by atoms with Gasteiger partial charge in [-0.3, -0.25) is 10.1 Å². The number of carbonyl (C=O) groups is 1. The number of aryl methyl sites for hydroxylation is 1. The standard InChI is InChI=1S/C10H12ClN3O4/c1-5-4-6(12)9(14(16)17)7(8(5)13)10(15)18-3-2-11/h4H,2-3,12-13H2,1H3. The van der Waals surface area contributed by atoms with Gasteiger partial charge < -0.3 is 16.2 Å². The fourth-order valence-corrected chi connectivity index (χ4v) is 1.53. The normalized spacial score (nSPS) is 10.1. The lowest BCUT2D eigenvalue weighted by Gasteiger charge is -2.10. The lowest BCUT2D eigenvalue weighted by Crippen LogP contribution is -2.14. The van der Waals surface area contributed by atoms with Crippen molar-refractivity contribution in [1.82, 2.24) is 0 Å². The van der Waals surface area contributed by atoms with Gasteiger partial charge in [0.15, 0.2) is 5.56 Å². The highest BCUT2D eigenvalue weighted by Crippen LogP contribution is 2.34. The zero-order valence-electron chi connectivity index (χ0n) is 9.60. The SMILES string of the molecule is Cc1cc(N)c([N+](=O)[O-])c(C(=O)OCCCl)c1N. The molecule has 0 unspecified atom stereocenters. The molecule has 0 amide bonds. The van der Waals surface area contributed by atoms with E-state index in [1.165, 1.54) is 6.07 Å². The van der Waals surface area contributed by atoms with E-state index in [2.05, 4.69) is 0 Å². The molecule has 4 N–H and O–H groups in total. The Labute approximate surface area is 108 Å². The second kappa shape index (κ2) is 5.54. The molecule has 98 valence electrons. The molecule has 0 radical (unpaired) electrons. The van der Waals surface area contributed by atoms with E-state index in [0.29, 0.717) is 5.56 Å². The van der Waals surface area contributed by atoms with E-state index >= 15 is 0 Å². The topological polar surface area (TPSA) is 121 Å². The molecule has 8 heteroatoms. The Morgan fingerprint density at radius 2 is 2.17 bits per heavy atom. The number of carbonyl (C=O) groups excluding carboxylic acids is 1. The summed E-state index contributed by atoms with van der Waals surface area (Å²) in [5.74, 6) is -0.823. The first-order valence-electron chi connectivity index (χ1n) is 4.96. The monoisotopic (exact) mass is 273 g/mol. The molecule has 1 aromatic carbocycles. The molecular formula is C10H12ClN3O4. The van der Waals surface area contributed by atoms with E-state index in [9.17, 15) is 14.9 Å². The van der Waals surface area contributed by atoms with Crippen LogP contribution in [-0.2, 0) is 4.74 Å². The van der Waals surface area contributed by atoms with Crippen LogP contribution in [0.4, 0.5) is 17.1 Å². The largest absolute Gasteiger partial charge is 0.461 e. The number of hydrogen-bond acceptors (Lipinski definition) is 6. The summed E-state index contributed by atoms with van der Waals surface area (Å²) in [6, 6.07) is 1.34. The average Bonchev–Trinajstić information content (AvgIpc) is 2.29. The third-order valence-corrected chi connectivity index (χ3v) is 2.43. The maximum Gasteiger partial charge on any atom is 0.347 e. The van der Waals surface area contributed by atoms with Crippen molar-refractivity contribution in [2.45, 2.75) is 6.92 Å². The minimum Gasteiger partial charge on any atom is -0.461 e. The van der Waals surface area contributed by atoms with Gasteiger partial charge in [-0.2, -0.15) is 0 Å². The van der Waals surface area contributed by atoms with Gasteiger partial charge in [0, 0.05) is 0 Å². The Bertz CT molecular complexity index is 504. The first kappa shape index (κ1) is 14.0. The summed E-state index contributed by atoms with van der Waals surface area (Å²) in [4.78, 5) is 21.9. The fourth-order valence-electron chi connectivity index (χ4n) is 1.46. The molecule has 18 heavy (non-hydrogen) atoms. The van der Waals surface area contributed by atoms with E-state index in [4.69, 9.17) is 27.8 Å². The summed E-state index contributed by atoms with van der Waals surface area (Å²) < 4.78 is 4.75. The van der Waals surface area contributed by atoms with Crippen LogP contribution >= 0.6 is 11.6 Å². The van der Waals surface area contributed by atoms with Crippen molar-refractivity contribution < 1.29 is 14.5 Å². The van der Waals surface area contributed by atoms with Gasteiger partial charge in [0.25, 0.3) is 0 Å². The highest BCUT2D eigenvalue weighted by molar-refractivity contribution is 6.18.